The Morgan fingerprint density at radius 2 is 2.19 bits per heavy atom. The Morgan fingerprint density at radius 1 is 1.56 bits per heavy atom. The summed E-state index contributed by atoms with van der Waals surface area (Å²) in [5, 5.41) is 9.30. The fourth-order valence-electron chi connectivity index (χ4n) is 1.99. The number of allylic oxidation sites excluding steroid dienone is 2. The molecule has 1 N–H and O–H groups in total. The molecule has 1 atom stereocenters. The molecule has 1 saturated heterocycles. The number of aliphatic carboxylic acids is 1. The number of carbonyl (C=O) groups is 1. The summed E-state index contributed by atoms with van der Waals surface area (Å²) < 4.78 is 0. The molecule has 2 rings (SSSR count). The van der Waals surface area contributed by atoms with Crippen molar-refractivity contribution in [3.8, 4) is 0 Å². The lowest BCUT2D eigenvalue weighted by atomic mass is 10.0. The molecule has 16 heavy (non-hydrogen) atoms. The number of thiocarbonyl (C=S) groups is 1. The van der Waals surface area contributed by atoms with Gasteiger partial charge in [-0.05, 0) is 20.3 Å². The number of hydrogen-bond donors (Lipinski definition) is 1. The van der Waals surface area contributed by atoms with E-state index >= 15 is 0 Å². The molecule has 5 heteroatoms. The van der Waals surface area contributed by atoms with Gasteiger partial charge < -0.3 is 10.0 Å². The first kappa shape index (κ1) is 11.7. The van der Waals surface area contributed by atoms with Crippen molar-refractivity contribution in [1.29, 1.82) is 0 Å². The van der Waals surface area contributed by atoms with Gasteiger partial charge in [0.15, 0.2) is 0 Å². The van der Waals surface area contributed by atoms with Gasteiger partial charge >= 0.3 is 5.97 Å². The van der Waals surface area contributed by atoms with E-state index in [2.05, 4.69) is 0 Å². The van der Waals surface area contributed by atoms with E-state index in [-0.39, 0.29) is 5.37 Å². The largest absolute Gasteiger partial charge is 0.477 e. The molecule has 0 spiro atoms. The van der Waals surface area contributed by atoms with Crippen LogP contribution < -0.4 is 0 Å². The van der Waals surface area contributed by atoms with Gasteiger partial charge in [-0.2, -0.15) is 0 Å². The van der Waals surface area contributed by atoms with E-state index in [0.717, 1.165) is 16.9 Å². The van der Waals surface area contributed by atoms with Crippen molar-refractivity contribution < 1.29 is 9.90 Å². The van der Waals surface area contributed by atoms with Crippen LogP contribution in [0.15, 0.2) is 21.7 Å². The Hall–Kier alpha value is -0.810. The van der Waals surface area contributed by atoms with Crippen LogP contribution in [0.1, 0.15) is 27.2 Å². The molecular weight excluding hydrogens is 242 g/mol. The SMILES string of the molecule is CCC1=C(C(=O)O)N2C(=S)C(=C(C)C)[C@@H]2S1. The van der Waals surface area contributed by atoms with Crippen molar-refractivity contribution in [3.63, 3.8) is 0 Å². The van der Waals surface area contributed by atoms with Gasteiger partial charge in [-0.3, -0.25) is 0 Å². The predicted octanol–water partition coefficient (Wildman–Crippen LogP) is 2.74. The molecule has 1 fully saturated rings. The van der Waals surface area contributed by atoms with Crippen LogP contribution in [0.4, 0.5) is 0 Å². The Balaban J connectivity index is 2.40. The molecule has 2 heterocycles. The molecular formula is C11H13NO2S2. The maximum absolute atomic E-state index is 11.2. The standard InChI is InChI=1S/C11H13NO2S2/c1-4-6-8(11(13)14)12-9(15)7(5(2)3)10(12)16-6/h10H,4H2,1-3H3,(H,13,14)/t10-/m0/s1. The Morgan fingerprint density at radius 3 is 2.62 bits per heavy atom. The molecule has 0 unspecified atom stereocenters. The van der Waals surface area contributed by atoms with Crippen LogP contribution in [0, 0.1) is 0 Å². The number of rotatable bonds is 2. The van der Waals surface area contributed by atoms with Crippen molar-refractivity contribution in [2.45, 2.75) is 32.6 Å². The molecule has 3 nitrogen and oxygen atoms in total. The normalized spacial score (nSPS) is 23.4. The van der Waals surface area contributed by atoms with Crippen LogP contribution >= 0.6 is 24.0 Å². The maximum atomic E-state index is 11.2. The van der Waals surface area contributed by atoms with Gasteiger partial charge in [0.2, 0.25) is 0 Å². The average molecular weight is 255 g/mol. The van der Waals surface area contributed by atoms with Crippen molar-refractivity contribution in [2.24, 2.45) is 0 Å². The molecule has 0 radical (unpaired) electrons. The number of carboxylic acid groups (broad SMARTS) is 1. The van der Waals surface area contributed by atoms with Crippen LogP contribution in [0.25, 0.3) is 0 Å². The zero-order valence-corrected chi connectivity index (χ0v) is 11.0. The first-order chi connectivity index (χ1) is 7.49. The second kappa shape index (κ2) is 3.89. The van der Waals surface area contributed by atoms with E-state index in [9.17, 15) is 9.90 Å². The van der Waals surface area contributed by atoms with Crippen LogP contribution in [0.2, 0.25) is 0 Å². The van der Waals surface area contributed by atoms with Gasteiger partial charge in [-0.1, -0.05) is 36.5 Å². The van der Waals surface area contributed by atoms with Gasteiger partial charge in [0, 0.05) is 10.5 Å². The highest BCUT2D eigenvalue weighted by Crippen LogP contribution is 2.51. The lowest BCUT2D eigenvalue weighted by Gasteiger charge is -2.41. The fraction of sp³-hybridized carbons (Fsp3) is 0.455. The number of hydrogen-bond acceptors (Lipinski definition) is 3. The summed E-state index contributed by atoms with van der Waals surface area (Å²) in [5.74, 6) is -0.873. The molecule has 0 aliphatic carbocycles. The van der Waals surface area contributed by atoms with E-state index in [1.54, 1.807) is 16.7 Å². The topological polar surface area (TPSA) is 40.5 Å². The van der Waals surface area contributed by atoms with Gasteiger partial charge in [-0.15, -0.1) is 0 Å². The van der Waals surface area contributed by atoms with Gasteiger partial charge in [0.1, 0.15) is 16.1 Å². The van der Waals surface area contributed by atoms with E-state index in [1.165, 1.54) is 5.57 Å². The first-order valence-corrected chi connectivity index (χ1v) is 6.41. The van der Waals surface area contributed by atoms with Gasteiger partial charge in [0.25, 0.3) is 0 Å². The molecule has 86 valence electrons. The van der Waals surface area contributed by atoms with Crippen LogP contribution in [-0.2, 0) is 4.79 Å². The quantitative estimate of drug-likeness (QED) is 0.607. The molecule has 0 saturated carbocycles. The summed E-state index contributed by atoms with van der Waals surface area (Å²) in [6, 6.07) is 0. The highest BCUT2D eigenvalue weighted by Gasteiger charge is 2.49. The summed E-state index contributed by atoms with van der Waals surface area (Å²) in [6.07, 6.45) is 0.748. The molecule has 0 aromatic heterocycles. The number of thioether (sulfide) groups is 1. The zero-order chi connectivity index (χ0) is 12.0. The van der Waals surface area contributed by atoms with Crippen LogP contribution in [-0.4, -0.2) is 26.3 Å². The smallest absolute Gasteiger partial charge is 0.353 e. The predicted molar refractivity (Wildman–Crippen MR) is 69.1 cm³/mol. The van der Waals surface area contributed by atoms with E-state index in [0.29, 0.717) is 10.7 Å². The van der Waals surface area contributed by atoms with E-state index in [4.69, 9.17) is 12.2 Å². The third-order valence-electron chi connectivity index (χ3n) is 2.75. The number of fused-ring (bicyclic) bond motifs is 1. The summed E-state index contributed by atoms with van der Waals surface area (Å²) in [4.78, 5) is 14.6. The van der Waals surface area contributed by atoms with Gasteiger partial charge in [0.05, 0.1) is 0 Å². The molecule has 0 aromatic rings. The van der Waals surface area contributed by atoms with Crippen molar-refractivity contribution in [2.75, 3.05) is 0 Å². The third kappa shape index (κ3) is 1.42. The zero-order valence-electron chi connectivity index (χ0n) is 9.40. The van der Waals surface area contributed by atoms with Crippen LogP contribution in [0.5, 0.6) is 0 Å². The highest BCUT2D eigenvalue weighted by atomic mass is 32.2. The van der Waals surface area contributed by atoms with Gasteiger partial charge in [-0.25, -0.2) is 4.79 Å². The van der Waals surface area contributed by atoms with Crippen molar-refractivity contribution in [1.82, 2.24) is 4.90 Å². The first-order valence-electron chi connectivity index (χ1n) is 5.13. The molecule has 0 amide bonds. The van der Waals surface area contributed by atoms with E-state index < -0.39 is 5.97 Å². The Labute approximate surface area is 104 Å². The Kier molecular flexibility index (Phi) is 2.84. The number of nitrogens with zero attached hydrogens (tertiary/aromatic N) is 1. The minimum atomic E-state index is -0.873. The summed E-state index contributed by atoms with van der Waals surface area (Å²) >= 11 is 6.89. The molecule has 2 aliphatic rings. The number of carboxylic acids is 1. The monoisotopic (exact) mass is 255 g/mol. The van der Waals surface area contributed by atoms with Crippen molar-refractivity contribution in [3.05, 3.63) is 21.7 Å². The second-order valence-corrected chi connectivity index (χ2v) is 5.55. The van der Waals surface area contributed by atoms with E-state index in [1.807, 2.05) is 20.8 Å². The van der Waals surface area contributed by atoms with Crippen molar-refractivity contribution >= 4 is 34.9 Å². The van der Waals surface area contributed by atoms with Crippen LogP contribution in [0.3, 0.4) is 0 Å². The third-order valence-corrected chi connectivity index (χ3v) is 4.60. The second-order valence-electron chi connectivity index (χ2n) is 3.99. The lowest BCUT2D eigenvalue weighted by Crippen LogP contribution is -2.50. The fourth-order valence-corrected chi connectivity index (χ4v) is 4.16. The minimum absolute atomic E-state index is 0.110. The lowest BCUT2D eigenvalue weighted by molar-refractivity contribution is -0.134. The average Bonchev–Trinajstić information content (AvgIpc) is 2.51. The maximum Gasteiger partial charge on any atom is 0.353 e. The highest BCUT2D eigenvalue weighted by molar-refractivity contribution is 8.04. The molecule has 0 aromatic carbocycles. The Bertz CT molecular complexity index is 447. The summed E-state index contributed by atoms with van der Waals surface area (Å²) in [7, 11) is 0. The minimum Gasteiger partial charge on any atom is -0.477 e. The molecule has 0 bridgehead atoms. The summed E-state index contributed by atoms with van der Waals surface area (Å²) in [6.45, 7) is 6.01. The molecule has 2 aliphatic heterocycles. The summed E-state index contributed by atoms with van der Waals surface area (Å²) in [5.41, 5.74) is 2.69.